The monoisotopic (exact) mass is 398 g/mol. The summed E-state index contributed by atoms with van der Waals surface area (Å²) in [6.07, 6.45) is 1.76. The van der Waals surface area contributed by atoms with Gasteiger partial charge in [0.25, 0.3) is 0 Å². The van der Waals surface area contributed by atoms with Gasteiger partial charge in [-0.05, 0) is 12.1 Å². The van der Waals surface area contributed by atoms with Crippen LogP contribution in [0.15, 0.2) is 68.7 Å². The van der Waals surface area contributed by atoms with Gasteiger partial charge in [0.15, 0.2) is 0 Å². The van der Waals surface area contributed by atoms with Gasteiger partial charge in [-0.25, -0.2) is 0 Å². The molecule has 0 bridgehead atoms. The van der Waals surface area contributed by atoms with E-state index in [2.05, 4.69) is 36.3 Å². The molecule has 24 heavy (non-hydrogen) atoms. The largest absolute Gasteiger partial charge is 0.338 e. The van der Waals surface area contributed by atoms with Crippen molar-refractivity contribution >= 4 is 38.5 Å². The Balaban J connectivity index is 1.54. The number of nitrogens with zero attached hydrogens (tertiary/aromatic N) is 4. The summed E-state index contributed by atoms with van der Waals surface area (Å²) in [6.45, 7) is 0. The number of aromatic nitrogens is 4. The molecule has 0 aliphatic rings. The molecule has 0 radical (unpaired) electrons. The van der Waals surface area contributed by atoms with Crippen LogP contribution in [0.4, 0.5) is 0 Å². The third-order valence-corrected chi connectivity index (χ3v) is 4.88. The summed E-state index contributed by atoms with van der Waals surface area (Å²) < 4.78 is 6.33. The fraction of sp³-hybridized carbons (Fsp3) is 0.0588. The molecule has 0 amide bonds. The average molecular weight is 399 g/mol. The van der Waals surface area contributed by atoms with Crippen LogP contribution < -0.4 is 0 Å². The number of thioether (sulfide) groups is 1. The lowest BCUT2D eigenvalue weighted by Gasteiger charge is -2.01. The van der Waals surface area contributed by atoms with Gasteiger partial charge >= 0.3 is 0 Å². The Kier molecular flexibility index (Phi) is 4.27. The van der Waals surface area contributed by atoms with Crippen molar-refractivity contribution in [2.75, 3.05) is 0 Å². The fourth-order valence-corrected chi connectivity index (χ4v) is 3.52. The van der Waals surface area contributed by atoms with E-state index in [1.165, 1.54) is 11.8 Å². The number of hydrogen-bond donors (Lipinski definition) is 0. The van der Waals surface area contributed by atoms with E-state index in [0.29, 0.717) is 17.5 Å². The molecule has 0 aliphatic heterocycles. The van der Waals surface area contributed by atoms with E-state index >= 15 is 0 Å². The molecule has 0 aliphatic carbocycles. The van der Waals surface area contributed by atoms with Gasteiger partial charge in [-0.1, -0.05) is 69.2 Å². The Hall–Kier alpha value is -2.25. The summed E-state index contributed by atoms with van der Waals surface area (Å²) in [4.78, 5) is 4.45. The second kappa shape index (κ2) is 6.70. The van der Waals surface area contributed by atoms with Gasteiger partial charge in [-0.3, -0.25) is 0 Å². The lowest BCUT2D eigenvalue weighted by molar-refractivity contribution is 0.391. The summed E-state index contributed by atoms with van der Waals surface area (Å²) in [7, 11) is 0. The molecule has 0 N–H and O–H groups in total. The smallest absolute Gasteiger partial charge is 0.237 e. The van der Waals surface area contributed by atoms with E-state index < -0.39 is 0 Å². The third-order valence-electron chi connectivity index (χ3n) is 3.42. The van der Waals surface area contributed by atoms with Crippen LogP contribution >= 0.6 is 27.7 Å². The van der Waals surface area contributed by atoms with Crippen LogP contribution in [0.5, 0.6) is 0 Å². The molecule has 0 unspecified atom stereocenters. The Morgan fingerprint density at radius 1 is 1.08 bits per heavy atom. The second-order valence-electron chi connectivity index (χ2n) is 5.05. The molecule has 4 rings (SSSR count). The summed E-state index contributed by atoms with van der Waals surface area (Å²) in [6, 6.07) is 15.8. The molecule has 0 spiro atoms. The molecule has 0 fully saturated rings. The minimum Gasteiger partial charge on any atom is -0.338 e. The molecule has 4 aromatic rings. The SMILES string of the molecule is Brc1cccc(-c2noc(CSc3nncc4ccccc34)n2)c1. The fourth-order valence-electron chi connectivity index (χ4n) is 2.30. The first-order valence-electron chi connectivity index (χ1n) is 7.21. The minimum atomic E-state index is 0.545. The van der Waals surface area contributed by atoms with E-state index in [4.69, 9.17) is 4.52 Å². The maximum Gasteiger partial charge on any atom is 0.237 e. The zero-order valence-electron chi connectivity index (χ0n) is 12.4. The van der Waals surface area contributed by atoms with Gasteiger partial charge in [-0.15, -0.1) is 5.10 Å². The Morgan fingerprint density at radius 3 is 2.92 bits per heavy atom. The standard InChI is InChI=1S/C17H11BrN4OS/c18-13-6-3-5-11(8-13)16-20-15(23-22-16)10-24-17-14-7-2-1-4-12(14)9-19-21-17/h1-9H,10H2. The van der Waals surface area contributed by atoms with Gasteiger partial charge in [0.1, 0.15) is 5.03 Å². The number of halogens is 1. The zero-order valence-corrected chi connectivity index (χ0v) is 14.8. The quantitative estimate of drug-likeness (QED) is 0.462. The molecule has 0 atom stereocenters. The maximum atomic E-state index is 5.35. The third kappa shape index (κ3) is 3.18. The van der Waals surface area contributed by atoms with Crippen molar-refractivity contribution < 1.29 is 4.52 Å². The number of benzene rings is 2. The summed E-state index contributed by atoms with van der Waals surface area (Å²) >= 11 is 4.98. The maximum absolute atomic E-state index is 5.35. The summed E-state index contributed by atoms with van der Waals surface area (Å²) in [5.74, 6) is 1.68. The molecule has 7 heteroatoms. The van der Waals surface area contributed by atoms with E-state index in [9.17, 15) is 0 Å². The van der Waals surface area contributed by atoms with Crippen molar-refractivity contribution in [3.63, 3.8) is 0 Å². The van der Waals surface area contributed by atoms with E-state index in [1.807, 2.05) is 48.5 Å². The van der Waals surface area contributed by atoms with Crippen molar-refractivity contribution in [1.82, 2.24) is 20.3 Å². The van der Waals surface area contributed by atoms with Gasteiger partial charge in [0, 0.05) is 20.8 Å². The first kappa shape index (κ1) is 15.3. The molecular weight excluding hydrogens is 388 g/mol. The average Bonchev–Trinajstić information content (AvgIpc) is 3.09. The van der Waals surface area contributed by atoms with Gasteiger partial charge in [-0.2, -0.15) is 10.1 Å². The first-order chi connectivity index (χ1) is 11.8. The Labute approximate surface area is 150 Å². The first-order valence-corrected chi connectivity index (χ1v) is 8.99. The number of hydrogen-bond acceptors (Lipinski definition) is 6. The zero-order chi connectivity index (χ0) is 16.4. The molecule has 2 aromatic carbocycles. The van der Waals surface area contributed by atoms with Gasteiger partial charge in [0.2, 0.25) is 11.7 Å². The van der Waals surface area contributed by atoms with Crippen LogP contribution in [0.2, 0.25) is 0 Å². The molecule has 5 nitrogen and oxygen atoms in total. The van der Waals surface area contributed by atoms with Crippen LogP contribution in [0.25, 0.3) is 22.2 Å². The van der Waals surface area contributed by atoms with Crippen LogP contribution in [0.3, 0.4) is 0 Å². The predicted molar refractivity (Wildman–Crippen MR) is 96.5 cm³/mol. The Bertz CT molecular complexity index is 999. The number of rotatable bonds is 4. The molecule has 118 valence electrons. The lowest BCUT2D eigenvalue weighted by Crippen LogP contribution is -1.89. The normalized spacial score (nSPS) is 11.0. The van der Waals surface area contributed by atoms with Crippen LogP contribution in [-0.4, -0.2) is 20.3 Å². The van der Waals surface area contributed by atoms with Crippen molar-refractivity contribution in [2.45, 2.75) is 10.8 Å². The minimum absolute atomic E-state index is 0.545. The highest BCUT2D eigenvalue weighted by molar-refractivity contribution is 9.10. The van der Waals surface area contributed by atoms with E-state index in [-0.39, 0.29) is 0 Å². The van der Waals surface area contributed by atoms with Crippen molar-refractivity contribution in [2.24, 2.45) is 0 Å². The highest BCUT2D eigenvalue weighted by atomic mass is 79.9. The van der Waals surface area contributed by atoms with Crippen molar-refractivity contribution in [1.29, 1.82) is 0 Å². The number of fused-ring (bicyclic) bond motifs is 1. The second-order valence-corrected chi connectivity index (χ2v) is 6.93. The van der Waals surface area contributed by atoms with E-state index in [0.717, 1.165) is 25.8 Å². The topological polar surface area (TPSA) is 64.7 Å². The van der Waals surface area contributed by atoms with Crippen LogP contribution in [0.1, 0.15) is 5.89 Å². The highest BCUT2D eigenvalue weighted by Gasteiger charge is 2.11. The van der Waals surface area contributed by atoms with E-state index in [1.54, 1.807) is 6.20 Å². The van der Waals surface area contributed by atoms with Crippen LogP contribution in [-0.2, 0) is 5.75 Å². The lowest BCUT2D eigenvalue weighted by atomic mass is 10.2. The van der Waals surface area contributed by atoms with Crippen molar-refractivity contribution in [3.8, 4) is 11.4 Å². The van der Waals surface area contributed by atoms with Gasteiger partial charge in [0.05, 0.1) is 11.9 Å². The van der Waals surface area contributed by atoms with Gasteiger partial charge < -0.3 is 4.52 Å². The van der Waals surface area contributed by atoms with Crippen LogP contribution in [0, 0.1) is 0 Å². The summed E-state index contributed by atoms with van der Waals surface area (Å²) in [5.41, 5.74) is 0.911. The molecule has 2 heterocycles. The summed E-state index contributed by atoms with van der Waals surface area (Å²) in [5, 5.41) is 15.3. The predicted octanol–water partition coefficient (Wildman–Crippen LogP) is 4.73. The molecule has 0 saturated carbocycles. The van der Waals surface area contributed by atoms with Crippen molar-refractivity contribution in [3.05, 3.63) is 65.1 Å². The molecular formula is C17H11BrN4OS. The highest BCUT2D eigenvalue weighted by Crippen LogP contribution is 2.28. The molecule has 0 saturated heterocycles. The molecule has 2 aromatic heterocycles. The Morgan fingerprint density at radius 2 is 2.00 bits per heavy atom.